The van der Waals surface area contributed by atoms with Crippen LogP contribution in [0.4, 0.5) is 11.4 Å². The van der Waals surface area contributed by atoms with Gasteiger partial charge in [-0.25, -0.2) is 0 Å². The summed E-state index contributed by atoms with van der Waals surface area (Å²) >= 11 is 0. The molecule has 17 heavy (non-hydrogen) atoms. The molecule has 2 aliphatic heterocycles. The zero-order valence-corrected chi connectivity index (χ0v) is 10.1. The summed E-state index contributed by atoms with van der Waals surface area (Å²) in [7, 11) is 0. The smallest absolute Gasteiger partial charge is 0.269 e. The van der Waals surface area contributed by atoms with Gasteiger partial charge < -0.3 is 10.2 Å². The third-order valence-electron chi connectivity index (χ3n) is 3.39. The SMILES string of the molecule is Cl.O=[N+]([O-])c1ccc2c(c1)C[C@H]1CNCCN21. The number of hydrogen-bond donors (Lipinski definition) is 1. The monoisotopic (exact) mass is 255 g/mol. The highest BCUT2D eigenvalue weighted by Gasteiger charge is 2.31. The molecule has 2 heterocycles. The average Bonchev–Trinajstić information content (AvgIpc) is 2.66. The molecule has 5 nitrogen and oxygen atoms in total. The predicted molar refractivity (Wildman–Crippen MR) is 68.1 cm³/mol. The lowest BCUT2D eigenvalue weighted by molar-refractivity contribution is -0.384. The molecular formula is C11H14ClN3O2. The van der Waals surface area contributed by atoms with Gasteiger partial charge in [-0.3, -0.25) is 10.1 Å². The molecule has 2 aliphatic rings. The molecule has 0 bridgehead atoms. The van der Waals surface area contributed by atoms with E-state index in [1.807, 2.05) is 6.07 Å². The molecule has 6 heteroatoms. The van der Waals surface area contributed by atoms with Crippen LogP contribution in [0.15, 0.2) is 18.2 Å². The molecule has 1 atom stereocenters. The normalized spacial score (nSPS) is 21.4. The zero-order chi connectivity index (χ0) is 11.1. The molecule has 92 valence electrons. The second kappa shape index (κ2) is 4.50. The Hall–Kier alpha value is -1.33. The van der Waals surface area contributed by atoms with E-state index >= 15 is 0 Å². The number of hydrogen-bond acceptors (Lipinski definition) is 4. The first-order valence-corrected chi connectivity index (χ1v) is 5.50. The van der Waals surface area contributed by atoms with Crippen LogP contribution in [-0.4, -0.2) is 30.6 Å². The maximum Gasteiger partial charge on any atom is 0.269 e. The van der Waals surface area contributed by atoms with Crippen LogP contribution < -0.4 is 10.2 Å². The maximum atomic E-state index is 10.7. The first-order chi connectivity index (χ1) is 7.75. The highest BCUT2D eigenvalue weighted by molar-refractivity contribution is 5.85. The molecule has 0 spiro atoms. The Morgan fingerprint density at radius 2 is 2.29 bits per heavy atom. The van der Waals surface area contributed by atoms with Crippen LogP contribution in [0.25, 0.3) is 0 Å². The Morgan fingerprint density at radius 3 is 3.06 bits per heavy atom. The second-order valence-electron chi connectivity index (χ2n) is 4.33. The van der Waals surface area contributed by atoms with E-state index in [0.29, 0.717) is 6.04 Å². The first kappa shape index (κ1) is 12.1. The number of nitrogens with zero attached hydrogens (tertiary/aromatic N) is 2. The van der Waals surface area contributed by atoms with Crippen molar-refractivity contribution in [1.29, 1.82) is 0 Å². The molecule has 0 radical (unpaired) electrons. The molecule has 0 amide bonds. The number of nitrogens with one attached hydrogen (secondary N) is 1. The van der Waals surface area contributed by atoms with E-state index in [4.69, 9.17) is 0 Å². The summed E-state index contributed by atoms with van der Waals surface area (Å²) in [5, 5.41) is 14.0. The minimum absolute atomic E-state index is 0. The third kappa shape index (κ3) is 1.96. The number of fused-ring (bicyclic) bond motifs is 3. The fourth-order valence-corrected chi connectivity index (χ4v) is 2.64. The molecule has 0 saturated carbocycles. The Bertz CT molecular complexity index is 452. The Kier molecular flexibility index (Phi) is 3.22. The van der Waals surface area contributed by atoms with E-state index < -0.39 is 0 Å². The number of non-ortho nitro benzene ring substituents is 1. The van der Waals surface area contributed by atoms with Crippen molar-refractivity contribution in [2.45, 2.75) is 12.5 Å². The number of nitro benzene ring substituents is 1. The van der Waals surface area contributed by atoms with Crippen LogP contribution in [-0.2, 0) is 6.42 Å². The van der Waals surface area contributed by atoms with Gasteiger partial charge in [-0.2, -0.15) is 0 Å². The van der Waals surface area contributed by atoms with Crippen molar-refractivity contribution in [1.82, 2.24) is 5.32 Å². The van der Waals surface area contributed by atoms with Crippen molar-refractivity contribution in [2.75, 3.05) is 24.5 Å². The van der Waals surface area contributed by atoms with Crippen molar-refractivity contribution in [2.24, 2.45) is 0 Å². The molecule has 0 unspecified atom stereocenters. The number of halogens is 1. The Balaban J connectivity index is 0.00000108. The van der Waals surface area contributed by atoms with E-state index in [2.05, 4.69) is 10.2 Å². The minimum atomic E-state index is -0.324. The molecule has 1 aromatic rings. The van der Waals surface area contributed by atoms with Crippen LogP contribution in [0.2, 0.25) is 0 Å². The molecule has 1 aromatic carbocycles. The summed E-state index contributed by atoms with van der Waals surface area (Å²) in [4.78, 5) is 12.7. The lowest BCUT2D eigenvalue weighted by atomic mass is 10.1. The standard InChI is InChI=1S/C11H13N3O2.ClH/c15-14(16)9-1-2-11-8(5-9)6-10-7-12-3-4-13(10)11;/h1-2,5,10,12H,3-4,6-7H2;1H/t10-;/m0./s1. The van der Waals surface area contributed by atoms with E-state index in [1.54, 1.807) is 12.1 Å². The molecule has 0 aromatic heterocycles. The van der Waals surface area contributed by atoms with Crippen molar-refractivity contribution in [3.8, 4) is 0 Å². The van der Waals surface area contributed by atoms with Crippen molar-refractivity contribution < 1.29 is 4.92 Å². The third-order valence-corrected chi connectivity index (χ3v) is 3.39. The quantitative estimate of drug-likeness (QED) is 0.608. The summed E-state index contributed by atoms with van der Waals surface area (Å²) in [6.45, 7) is 2.96. The minimum Gasteiger partial charge on any atom is -0.365 e. The van der Waals surface area contributed by atoms with Crippen LogP contribution in [0.1, 0.15) is 5.56 Å². The van der Waals surface area contributed by atoms with E-state index in [1.165, 1.54) is 5.69 Å². The van der Waals surface area contributed by atoms with Gasteiger partial charge >= 0.3 is 0 Å². The first-order valence-electron chi connectivity index (χ1n) is 5.50. The average molecular weight is 256 g/mol. The van der Waals surface area contributed by atoms with Gasteiger partial charge in [-0.15, -0.1) is 12.4 Å². The summed E-state index contributed by atoms with van der Waals surface area (Å²) in [6.07, 6.45) is 0.921. The van der Waals surface area contributed by atoms with Crippen molar-refractivity contribution in [3.05, 3.63) is 33.9 Å². The van der Waals surface area contributed by atoms with Crippen LogP contribution in [0, 0.1) is 10.1 Å². The largest absolute Gasteiger partial charge is 0.365 e. The van der Waals surface area contributed by atoms with E-state index in [0.717, 1.165) is 31.6 Å². The highest BCUT2D eigenvalue weighted by Crippen LogP contribution is 2.34. The van der Waals surface area contributed by atoms with Gasteiger partial charge in [0.2, 0.25) is 0 Å². The van der Waals surface area contributed by atoms with E-state index in [9.17, 15) is 10.1 Å². The fourth-order valence-electron chi connectivity index (χ4n) is 2.64. The Morgan fingerprint density at radius 1 is 1.47 bits per heavy atom. The molecule has 1 N–H and O–H groups in total. The molecule has 1 fully saturated rings. The van der Waals surface area contributed by atoms with Gasteiger partial charge in [0.15, 0.2) is 0 Å². The van der Waals surface area contributed by atoms with Crippen LogP contribution >= 0.6 is 12.4 Å². The van der Waals surface area contributed by atoms with Gasteiger partial charge in [-0.05, 0) is 18.1 Å². The molecular weight excluding hydrogens is 242 g/mol. The van der Waals surface area contributed by atoms with Crippen LogP contribution in [0.3, 0.4) is 0 Å². The van der Waals surface area contributed by atoms with Gasteiger partial charge in [0.25, 0.3) is 5.69 Å². The lowest BCUT2D eigenvalue weighted by Crippen LogP contribution is -2.49. The fraction of sp³-hybridized carbons (Fsp3) is 0.455. The molecule has 3 rings (SSSR count). The van der Waals surface area contributed by atoms with Crippen molar-refractivity contribution in [3.63, 3.8) is 0 Å². The lowest BCUT2D eigenvalue weighted by Gasteiger charge is -2.32. The molecule has 0 aliphatic carbocycles. The topological polar surface area (TPSA) is 58.4 Å². The number of anilines is 1. The predicted octanol–water partition coefficient (Wildman–Crippen LogP) is 1.35. The van der Waals surface area contributed by atoms with Crippen molar-refractivity contribution >= 4 is 23.8 Å². The number of piperazine rings is 1. The number of nitro groups is 1. The summed E-state index contributed by atoms with van der Waals surface area (Å²) in [5.74, 6) is 0. The summed E-state index contributed by atoms with van der Waals surface area (Å²) in [6, 6.07) is 5.68. The second-order valence-corrected chi connectivity index (χ2v) is 4.33. The van der Waals surface area contributed by atoms with Gasteiger partial charge in [0.1, 0.15) is 0 Å². The summed E-state index contributed by atoms with van der Waals surface area (Å²) < 4.78 is 0. The van der Waals surface area contributed by atoms with Crippen LogP contribution in [0.5, 0.6) is 0 Å². The number of rotatable bonds is 1. The maximum absolute atomic E-state index is 10.7. The molecule has 1 saturated heterocycles. The van der Waals surface area contributed by atoms with Gasteiger partial charge in [0, 0.05) is 43.5 Å². The van der Waals surface area contributed by atoms with Gasteiger partial charge in [-0.1, -0.05) is 0 Å². The van der Waals surface area contributed by atoms with E-state index in [-0.39, 0.29) is 23.0 Å². The van der Waals surface area contributed by atoms with Gasteiger partial charge in [0.05, 0.1) is 4.92 Å². The highest BCUT2D eigenvalue weighted by atomic mass is 35.5. The Labute approximate surface area is 105 Å². The zero-order valence-electron chi connectivity index (χ0n) is 9.26. The number of benzene rings is 1. The summed E-state index contributed by atoms with van der Waals surface area (Å²) in [5.41, 5.74) is 2.49.